The van der Waals surface area contributed by atoms with Gasteiger partial charge in [-0.2, -0.15) is 0 Å². The predicted octanol–water partition coefficient (Wildman–Crippen LogP) is 4.30. The van der Waals surface area contributed by atoms with E-state index in [1.165, 1.54) is 16.7 Å². The molecular weight excluding hydrogens is 284 g/mol. The molecule has 3 aromatic rings. The number of ether oxygens (including phenoxy) is 1. The Bertz CT molecular complexity index is 775. The second-order valence-corrected chi connectivity index (χ2v) is 5.80. The fraction of sp³-hybridized carbons (Fsp3) is 0.200. The average molecular weight is 306 g/mol. The second-order valence-electron chi connectivity index (χ2n) is 5.80. The predicted molar refractivity (Wildman–Crippen MR) is 94.6 cm³/mol. The molecule has 0 aliphatic carbocycles. The molecule has 118 valence electrons. The number of benzene rings is 2. The first-order valence-corrected chi connectivity index (χ1v) is 7.83. The number of aromatic amines is 1. The van der Waals surface area contributed by atoms with Gasteiger partial charge >= 0.3 is 0 Å². The summed E-state index contributed by atoms with van der Waals surface area (Å²) in [5.74, 6) is 0.879. The first kappa shape index (κ1) is 15.4. The van der Waals surface area contributed by atoms with Gasteiger partial charge in [0, 0.05) is 29.4 Å². The van der Waals surface area contributed by atoms with Gasteiger partial charge in [-0.15, -0.1) is 0 Å². The third-order valence-electron chi connectivity index (χ3n) is 3.97. The van der Waals surface area contributed by atoms with Gasteiger partial charge in [-0.3, -0.25) is 0 Å². The number of H-pyrrole nitrogens is 1. The van der Waals surface area contributed by atoms with Gasteiger partial charge in [-0.05, 0) is 36.2 Å². The molecule has 0 aliphatic rings. The molecular formula is C20H22N2O. The standard InChI is InChI=1S/C20H22N2O/c1-14(21)20-19(16-8-4-3-5-9-16)13-17(22-20)11-15-7-6-10-18(12-15)23-2/h3-10,12-14,22H,11,21H2,1-2H3/t14-/m0/s1. The lowest BCUT2D eigenvalue weighted by atomic mass is 10.0. The topological polar surface area (TPSA) is 51.0 Å². The fourth-order valence-corrected chi connectivity index (χ4v) is 2.84. The number of aromatic nitrogens is 1. The number of nitrogens with two attached hydrogens (primary N) is 1. The molecule has 0 bridgehead atoms. The average Bonchev–Trinajstić information content (AvgIpc) is 3.00. The number of rotatable bonds is 5. The molecule has 0 saturated carbocycles. The Hall–Kier alpha value is -2.52. The highest BCUT2D eigenvalue weighted by Gasteiger charge is 2.13. The van der Waals surface area contributed by atoms with E-state index in [4.69, 9.17) is 10.5 Å². The van der Waals surface area contributed by atoms with E-state index < -0.39 is 0 Å². The normalized spacial score (nSPS) is 12.1. The maximum atomic E-state index is 6.15. The van der Waals surface area contributed by atoms with Crippen molar-refractivity contribution in [1.82, 2.24) is 4.98 Å². The van der Waals surface area contributed by atoms with Crippen molar-refractivity contribution in [3.05, 3.63) is 77.6 Å². The van der Waals surface area contributed by atoms with Crippen molar-refractivity contribution < 1.29 is 4.74 Å². The molecule has 0 radical (unpaired) electrons. The van der Waals surface area contributed by atoms with Gasteiger partial charge in [0.2, 0.25) is 0 Å². The minimum Gasteiger partial charge on any atom is -0.497 e. The molecule has 0 fully saturated rings. The van der Waals surface area contributed by atoms with Crippen LogP contribution in [0.5, 0.6) is 5.75 Å². The van der Waals surface area contributed by atoms with E-state index in [1.54, 1.807) is 7.11 Å². The summed E-state index contributed by atoms with van der Waals surface area (Å²) in [5, 5.41) is 0. The van der Waals surface area contributed by atoms with Gasteiger partial charge in [0.1, 0.15) is 5.75 Å². The van der Waals surface area contributed by atoms with Gasteiger partial charge in [0.05, 0.1) is 7.11 Å². The first-order chi connectivity index (χ1) is 11.2. The SMILES string of the molecule is COc1cccc(Cc2cc(-c3ccccc3)c([C@H](C)N)[nH]2)c1. The van der Waals surface area contributed by atoms with Crippen molar-refractivity contribution in [3.8, 4) is 16.9 Å². The van der Waals surface area contributed by atoms with E-state index in [2.05, 4.69) is 47.4 Å². The van der Waals surface area contributed by atoms with Crippen molar-refractivity contribution >= 4 is 0 Å². The van der Waals surface area contributed by atoms with E-state index in [-0.39, 0.29) is 6.04 Å². The van der Waals surface area contributed by atoms with Gasteiger partial charge in [0.25, 0.3) is 0 Å². The minimum atomic E-state index is -0.0377. The third-order valence-corrected chi connectivity index (χ3v) is 3.97. The molecule has 1 atom stereocenters. The van der Waals surface area contributed by atoms with E-state index in [9.17, 15) is 0 Å². The van der Waals surface area contributed by atoms with E-state index in [0.29, 0.717) is 0 Å². The summed E-state index contributed by atoms with van der Waals surface area (Å²) in [6, 6.07) is 20.7. The van der Waals surface area contributed by atoms with Crippen LogP contribution in [0.1, 0.15) is 29.9 Å². The van der Waals surface area contributed by atoms with Crippen LogP contribution in [0.4, 0.5) is 0 Å². The molecule has 3 nitrogen and oxygen atoms in total. The van der Waals surface area contributed by atoms with Crippen molar-refractivity contribution in [2.24, 2.45) is 5.73 Å². The van der Waals surface area contributed by atoms with Crippen LogP contribution in [0, 0.1) is 0 Å². The maximum absolute atomic E-state index is 6.15. The van der Waals surface area contributed by atoms with Crippen molar-refractivity contribution in [1.29, 1.82) is 0 Å². The molecule has 23 heavy (non-hydrogen) atoms. The summed E-state index contributed by atoms with van der Waals surface area (Å²) in [6.07, 6.45) is 0.823. The Balaban J connectivity index is 1.94. The summed E-state index contributed by atoms with van der Waals surface area (Å²) < 4.78 is 5.30. The lowest BCUT2D eigenvalue weighted by Gasteiger charge is -2.07. The Labute approximate surface area is 137 Å². The minimum absolute atomic E-state index is 0.0377. The fourth-order valence-electron chi connectivity index (χ4n) is 2.84. The molecule has 0 unspecified atom stereocenters. The molecule has 3 rings (SSSR count). The largest absolute Gasteiger partial charge is 0.497 e. The van der Waals surface area contributed by atoms with Crippen molar-refractivity contribution in [2.75, 3.05) is 7.11 Å². The zero-order valence-electron chi connectivity index (χ0n) is 13.5. The van der Waals surface area contributed by atoms with E-state index >= 15 is 0 Å². The van der Waals surface area contributed by atoms with Gasteiger partial charge in [-0.25, -0.2) is 0 Å². The molecule has 0 aliphatic heterocycles. The van der Waals surface area contributed by atoms with Crippen molar-refractivity contribution in [2.45, 2.75) is 19.4 Å². The first-order valence-electron chi connectivity index (χ1n) is 7.83. The van der Waals surface area contributed by atoms with E-state index in [1.807, 2.05) is 25.1 Å². The van der Waals surface area contributed by atoms with Gasteiger partial charge in [-0.1, -0.05) is 42.5 Å². The van der Waals surface area contributed by atoms with Crippen LogP contribution < -0.4 is 10.5 Å². The van der Waals surface area contributed by atoms with Crippen LogP contribution in [0.2, 0.25) is 0 Å². The monoisotopic (exact) mass is 306 g/mol. The summed E-state index contributed by atoms with van der Waals surface area (Å²) in [4.78, 5) is 3.50. The molecule has 0 saturated heterocycles. The van der Waals surface area contributed by atoms with Crippen LogP contribution in [0.25, 0.3) is 11.1 Å². The van der Waals surface area contributed by atoms with Crippen LogP contribution in [0.3, 0.4) is 0 Å². The molecule has 1 heterocycles. The molecule has 1 aromatic heterocycles. The smallest absolute Gasteiger partial charge is 0.119 e. The number of methoxy groups -OCH3 is 1. The lowest BCUT2D eigenvalue weighted by Crippen LogP contribution is -2.07. The van der Waals surface area contributed by atoms with Gasteiger partial charge < -0.3 is 15.5 Å². The molecule has 0 amide bonds. The number of hydrogen-bond acceptors (Lipinski definition) is 2. The summed E-state index contributed by atoms with van der Waals surface area (Å²) in [5.41, 5.74) is 12.0. The molecule has 3 N–H and O–H groups in total. The Morgan fingerprint density at radius 2 is 1.83 bits per heavy atom. The van der Waals surface area contributed by atoms with Crippen LogP contribution >= 0.6 is 0 Å². The number of nitrogens with one attached hydrogen (secondary N) is 1. The maximum Gasteiger partial charge on any atom is 0.119 e. The van der Waals surface area contributed by atoms with Crippen LogP contribution in [0.15, 0.2) is 60.7 Å². The van der Waals surface area contributed by atoms with Crippen LogP contribution in [-0.4, -0.2) is 12.1 Å². The zero-order valence-corrected chi connectivity index (χ0v) is 13.5. The third kappa shape index (κ3) is 3.46. The van der Waals surface area contributed by atoms with Gasteiger partial charge in [0.15, 0.2) is 0 Å². The molecule has 0 spiro atoms. The lowest BCUT2D eigenvalue weighted by molar-refractivity contribution is 0.414. The highest BCUT2D eigenvalue weighted by atomic mass is 16.5. The van der Waals surface area contributed by atoms with E-state index in [0.717, 1.165) is 23.6 Å². The summed E-state index contributed by atoms with van der Waals surface area (Å²) in [7, 11) is 1.69. The summed E-state index contributed by atoms with van der Waals surface area (Å²) in [6.45, 7) is 2.01. The molecule has 3 heteroatoms. The quantitative estimate of drug-likeness (QED) is 0.738. The van der Waals surface area contributed by atoms with Crippen molar-refractivity contribution in [3.63, 3.8) is 0 Å². The highest BCUT2D eigenvalue weighted by molar-refractivity contribution is 5.68. The second kappa shape index (κ2) is 6.71. The Morgan fingerprint density at radius 3 is 2.52 bits per heavy atom. The van der Waals surface area contributed by atoms with Crippen LogP contribution in [-0.2, 0) is 6.42 Å². The Morgan fingerprint density at radius 1 is 1.04 bits per heavy atom. The Kier molecular flexibility index (Phi) is 4.49. The summed E-state index contributed by atoms with van der Waals surface area (Å²) >= 11 is 0. The highest BCUT2D eigenvalue weighted by Crippen LogP contribution is 2.29. The zero-order chi connectivity index (χ0) is 16.2. The number of hydrogen-bond donors (Lipinski definition) is 2. The molecule has 2 aromatic carbocycles.